The van der Waals surface area contributed by atoms with Crippen LogP contribution in [0.5, 0.6) is 0 Å². The lowest BCUT2D eigenvalue weighted by atomic mass is 9.98. The molecule has 0 bridgehead atoms. The Morgan fingerprint density at radius 3 is 2.58 bits per heavy atom. The van der Waals surface area contributed by atoms with E-state index in [1.54, 1.807) is 23.7 Å². The highest BCUT2D eigenvalue weighted by Crippen LogP contribution is 2.28. The molecular formula is C16H22N6OS. The molecule has 128 valence electrons. The van der Waals surface area contributed by atoms with E-state index in [1.165, 1.54) is 6.20 Å². The van der Waals surface area contributed by atoms with Gasteiger partial charge in [0.15, 0.2) is 0 Å². The molecule has 1 amide bonds. The highest BCUT2D eigenvalue weighted by Gasteiger charge is 2.26. The molecule has 1 N–H and O–H groups in total. The molecule has 8 heteroatoms. The van der Waals surface area contributed by atoms with E-state index in [0.29, 0.717) is 24.8 Å². The molecule has 0 radical (unpaired) electrons. The molecule has 1 aliphatic heterocycles. The van der Waals surface area contributed by atoms with Gasteiger partial charge in [0.1, 0.15) is 10.7 Å². The van der Waals surface area contributed by atoms with E-state index in [1.807, 2.05) is 4.90 Å². The number of hydrogen-bond acceptors (Lipinski definition) is 7. The van der Waals surface area contributed by atoms with Crippen LogP contribution in [0.25, 0.3) is 0 Å². The zero-order valence-electron chi connectivity index (χ0n) is 14.2. The van der Waals surface area contributed by atoms with Crippen LogP contribution in [0.2, 0.25) is 0 Å². The summed E-state index contributed by atoms with van der Waals surface area (Å²) in [5, 5.41) is 13.8. The fourth-order valence-corrected chi connectivity index (χ4v) is 3.44. The Kier molecular flexibility index (Phi) is 4.75. The van der Waals surface area contributed by atoms with E-state index in [2.05, 4.69) is 46.3 Å². The van der Waals surface area contributed by atoms with Crippen molar-refractivity contribution in [2.45, 2.75) is 45.1 Å². The molecule has 0 aliphatic carbocycles. The molecule has 1 fully saturated rings. The van der Waals surface area contributed by atoms with Crippen LogP contribution in [0, 0.1) is 0 Å². The molecular weight excluding hydrogens is 324 g/mol. The molecule has 24 heavy (non-hydrogen) atoms. The minimum atomic E-state index is -0.0486. The van der Waals surface area contributed by atoms with Gasteiger partial charge in [0, 0.05) is 36.9 Å². The van der Waals surface area contributed by atoms with Crippen molar-refractivity contribution in [3.63, 3.8) is 0 Å². The first kappa shape index (κ1) is 16.8. The second kappa shape index (κ2) is 6.80. The molecule has 0 aromatic carbocycles. The third kappa shape index (κ3) is 3.87. The van der Waals surface area contributed by atoms with Gasteiger partial charge in [-0.15, -0.1) is 10.2 Å². The van der Waals surface area contributed by atoms with Crippen molar-refractivity contribution in [1.29, 1.82) is 0 Å². The second-order valence-corrected chi connectivity index (χ2v) is 7.94. The molecule has 0 unspecified atom stereocenters. The topological polar surface area (TPSA) is 83.9 Å². The monoisotopic (exact) mass is 346 g/mol. The number of anilines is 1. The van der Waals surface area contributed by atoms with Crippen molar-refractivity contribution < 1.29 is 4.79 Å². The van der Waals surface area contributed by atoms with E-state index in [9.17, 15) is 4.79 Å². The first-order valence-corrected chi connectivity index (χ1v) is 8.91. The smallest absolute Gasteiger partial charge is 0.274 e. The van der Waals surface area contributed by atoms with E-state index in [0.717, 1.165) is 23.0 Å². The first-order chi connectivity index (χ1) is 11.4. The summed E-state index contributed by atoms with van der Waals surface area (Å²) in [6.07, 6.45) is 6.40. The van der Waals surface area contributed by atoms with E-state index >= 15 is 0 Å². The predicted molar refractivity (Wildman–Crippen MR) is 93.2 cm³/mol. The largest absolute Gasteiger partial charge is 0.357 e. The number of piperidine rings is 1. The average molecular weight is 346 g/mol. The van der Waals surface area contributed by atoms with Crippen LogP contribution in [0.3, 0.4) is 0 Å². The van der Waals surface area contributed by atoms with E-state index < -0.39 is 0 Å². The fraction of sp³-hybridized carbons (Fsp3) is 0.562. The molecule has 0 atom stereocenters. The summed E-state index contributed by atoms with van der Waals surface area (Å²) in [7, 11) is 0. The number of nitrogens with zero attached hydrogens (tertiary/aromatic N) is 5. The van der Waals surface area contributed by atoms with Gasteiger partial charge in [-0.2, -0.15) is 0 Å². The van der Waals surface area contributed by atoms with E-state index in [4.69, 9.17) is 0 Å². The Bertz CT molecular complexity index is 688. The normalized spacial score (nSPS) is 16.2. The third-order valence-electron chi connectivity index (χ3n) is 3.96. The van der Waals surface area contributed by atoms with Gasteiger partial charge >= 0.3 is 0 Å². The van der Waals surface area contributed by atoms with Crippen molar-refractivity contribution in [3.8, 4) is 0 Å². The van der Waals surface area contributed by atoms with Crippen molar-refractivity contribution in [2.75, 3.05) is 18.4 Å². The van der Waals surface area contributed by atoms with Crippen LogP contribution in [0.4, 0.5) is 5.13 Å². The fourth-order valence-electron chi connectivity index (χ4n) is 2.56. The summed E-state index contributed by atoms with van der Waals surface area (Å²) in [4.78, 5) is 22.2. The summed E-state index contributed by atoms with van der Waals surface area (Å²) >= 11 is 1.61. The second-order valence-electron chi connectivity index (χ2n) is 6.96. The van der Waals surface area contributed by atoms with Gasteiger partial charge in [-0.05, 0) is 12.8 Å². The molecule has 7 nitrogen and oxygen atoms in total. The lowest BCUT2D eigenvalue weighted by molar-refractivity contribution is 0.0712. The number of amides is 1. The zero-order chi connectivity index (χ0) is 17.2. The molecule has 1 saturated heterocycles. The number of carbonyl (C=O) groups excluding carboxylic acids is 1. The maximum Gasteiger partial charge on any atom is 0.274 e. The molecule has 2 aromatic heterocycles. The van der Waals surface area contributed by atoms with Gasteiger partial charge in [-0.25, -0.2) is 4.98 Å². The minimum Gasteiger partial charge on any atom is -0.357 e. The van der Waals surface area contributed by atoms with Gasteiger partial charge < -0.3 is 10.2 Å². The summed E-state index contributed by atoms with van der Waals surface area (Å²) in [5.41, 5.74) is 0.423. The van der Waals surface area contributed by atoms with Crippen molar-refractivity contribution in [1.82, 2.24) is 25.1 Å². The number of likely N-dealkylation sites (tertiary alicyclic amines) is 1. The highest BCUT2D eigenvalue weighted by atomic mass is 32.1. The molecule has 3 heterocycles. The van der Waals surface area contributed by atoms with Crippen molar-refractivity contribution in [2.24, 2.45) is 0 Å². The molecule has 2 aromatic rings. The number of rotatable bonds is 3. The van der Waals surface area contributed by atoms with Crippen LogP contribution in [-0.4, -0.2) is 50.1 Å². The maximum atomic E-state index is 12.4. The molecule has 3 rings (SSSR count). The molecule has 1 aliphatic rings. The Balaban J connectivity index is 1.54. The Labute approximate surface area is 145 Å². The SMILES string of the molecule is CC(C)(C)c1nnc(NC2CCN(C(=O)c3cnccn3)CC2)s1. The van der Waals surface area contributed by atoms with Gasteiger partial charge in [-0.1, -0.05) is 32.1 Å². The summed E-state index contributed by atoms with van der Waals surface area (Å²) in [6.45, 7) is 7.81. The molecule has 0 spiro atoms. The van der Waals surface area contributed by atoms with Gasteiger partial charge in [0.05, 0.1) is 6.20 Å². The Morgan fingerprint density at radius 2 is 2.00 bits per heavy atom. The summed E-state index contributed by atoms with van der Waals surface area (Å²) < 4.78 is 0. The molecule has 0 saturated carbocycles. The lowest BCUT2D eigenvalue weighted by Crippen LogP contribution is -2.42. The van der Waals surface area contributed by atoms with Gasteiger partial charge in [0.2, 0.25) is 5.13 Å². The van der Waals surface area contributed by atoms with Crippen LogP contribution in [0.15, 0.2) is 18.6 Å². The first-order valence-electron chi connectivity index (χ1n) is 8.09. The predicted octanol–water partition coefficient (Wildman–Crippen LogP) is 2.34. The van der Waals surface area contributed by atoms with E-state index in [-0.39, 0.29) is 11.3 Å². The number of aromatic nitrogens is 4. The summed E-state index contributed by atoms with van der Waals surface area (Å²) in [5.74, 6) is -0.0486. The van der Waals surface area contributed by atoms with Crippen molar-refractivity contribution >= 4 is 22.4 Å². The van der Waals surface area contributed by atoms with Gasteiger partial charge in [0.25, 0.3) is 5.91 Å². The lowest BCUT2D eigenvalue weighted by Gasteiger charge is -2.32. The van der Waals surface area contributed by atoms with Crippen LogP contribution >= 0.6 is 11.3 Å². The van der Waals surface area contributed by atoms with Crippen LogP contribution in [-0.2, 0) is 5.41 Å². The average Bonchev–Trinajstić information content (AvgIpc) is 3.05. The quantitative estimate of drug-likeness (QED) is 0.918. The van der Waals surface area contributed by atoms with Gasteiger partial charge in [-0.3, -0.25) is 9.78 Å². The number of hydrogen-bond donors (Lipinski definition) is 1. The standard InChI is InChI=1S/C16H22N6OS/c1-16(2,3)14-20-21-15(24-14)19-11-4-8-22(9-5-11)13(23)12-10-17-6-7-18-12/h6-7,10-11H,4-5,8-9H2,1-3H3,(H,19,21). The third-order valence-corrected chi connectivity index (χ3v) is 5.24. The van der Waals surface area contributed by atoms with Crippen LogP contribution in [0.1, 0.15) is 49.1 Å². The highest BCUT2D eigenvalue weighted by molar-refractivity contribution is 7.15. The Morgan fingerprint density at radius 1 is 1.25 bits per heavy atom. The minimum absolute atomic E-state index is 0.0180. The summed E-state index contributed by atoms with van der Waals surface area (Å²) in [6, 6.07) is 0.316. The van der Waals surface area contributed by atoms with Crippen LogP contribution < -0.4 is 5.32 Å². The zero-order valence-corrected chi connectivity index (χ0v) is 15.0. The Hall–Kier alpha value is -2.09. The van der Waals surface area contributed by atoms with Crippen molar-refractivity contribution in [3.05, 3.63) is 29.3 Å². The number of nitrogens with one attached hydrogen (secondary N) is 1. The maximum absolute atomic E-state index is 12.4. The number of carbonyl (C=O) groups is 1.